The van der Waals surface area contributed by atoms with Crippen LogP contribution in [0.5, 0.6) is 0 Å². The first-order chi connectivity index (χ1) is 15.6. The second kappa shape index (κ2) is 7.17. The van der Waals surface area contributed by atoms with E-state index in [1.165, 1.54) is 10.6 Å². The highest BCUT2D eigenvalue weighted by atomic mass is 35.5. The number of benzene rings is 1. The van der Waals surface area contributed by atoms with E-state index in [-0.39, 0.29) is 34.6 Å². The van der Waals surface area contributed by atoms with Crippen molar-refractivity contribution in [3.8, 4) is 11.5 Å². The number of fused-ring (bicyclic) bond motifs is 2. The largest absolute Gasteiger partial charge is 0.309 e. The SMILES string of the molecule is CC1(C)C(=O)Nc2nc(-c3nc(Cc4c(F)ccc(F)c4F)n4cc(Cl)ccc34)[nH]c(=O)c21. The topological polar surface area (TPSA) is 92.2 Å². The molecular weight excluding hydrogens is 459 g/mol. The molecule has 1 amide bonds. The zero-order valence-corrected chi connectivity index (χ0v) is 18.0. The Morgan fingerprint density at radius 1 is 1.06 bits per heavy atom. The Balaban J connectivity index is 1.71. The number of anilines is 1. The number of aromatic amines is 1. The van der Waals surface area contributed by atoms with Gasteiger partial charge in [0, 0.05) is 18.2 Å². The number of hydrogen-bond acceptors (Lipinski definition) is 4. The normalized spacial score (nSPS) is 14.5. The molecule has 5 rings (SSSR count). The molecular formula is C22H15ClF3N5O2. The first-order valence-corrected chi connectivity index (χ1v) is 10.2. The number of amides is 1. The van der Waals surface area contributed by atoms with E-state index >= 15 is 0 Å². The Labute approximate surface area is 189 Å². The van der Waals surface area contributed by atoms with Gasteiger partial charge < -0.3 is 14.7 Å². The lowest BCUT2D eigenvalue weighted by Gasteiger charge is -2.13. The summed E-state index contributed by atoms with van der Waals surface area (Å²) < 4.78 is 43.7. The van der Waals surface area contributed by atoms with E-state index in [4.69, 9.17) is 11.6 Å². The maximum Gasteiger partial charge on any atom is 0.257 e. The van der Waals surface area contributed by atoms with Crippen LogP contribution in [0.15, 0.2) is 35.3 Å². The minimum Gasteiger partial charge on any atom is -0.309 e. The first-order valence-electron chi connectivity index (χ1n) is 9.83. The summed E-state index contributed by atoms with van der Waals surface area (Å²) in [6, 6.07) is 4.71. The molecule has 168 valence electrons. The second-order valence-electron chi connectivity index (χ2n) is 8.19. The molecule has 0 aliphatic carbocycles. The van der Waals surface area contributed by atoms with Gasteiger partial charge in [0.05, 0.1) is 21.5 Å². The van der Waals surface area contributed by atoms with Gasteiger partial charge >= 0.3 is 0 Å². The van der Waals surface area contributed by atoms with Crippen molar-refractivity contribution in [3.63, 3.8) is 0 Å². The number of carbonyl (C=O) groups is 1. The summed E-state index contributed by atoms with van der Waals surface area (Å²) in [7, 11) is 0. The molecule has 2 N–H and O–H groups in total. The highest BCUT2D eigenvalue weighted by molar-refractivity contribution is 6.30. The van der Waals surface area contributed by atoms with Crippen LogP contribution in [0.2, 0.25) is 5.02 Å². The molecule has 1 aromatic carbocycles. The van der Waals surface area contributed by atoms with Crippen LogP contribution in [0.1, 0.15) is 30.8 Å². The number of nitrogens with zero attached hydrogens (tertiary/aromatic N) is 3. The van der Waals surface area contributed by atoms with Gasteiger partial charge in [-0.1, -0.05) is 11.6 Å². The third kappa shape index (κ3) is 3.20. The van der Waals surface area contributed by atoms with E-state index in [1.807, 2.05) is 0 Å². The number of imidazole rings is 1. The standard InChI is InChI=1S/C22H15ClF3N5O2/c1-22(2)15-18(30-21(22)33)28-19(29-20(15)32)17-13-6-3-9(23)8-31(13)14(27-17)7-10-11(24)4-5-12(25)16(10)26/h3-6,8H,7H2,1-2H3,(H2,28,29,30,32,33). The number of rotatable bonds is 3. The van der Waals surface area contributed by atoms with Gasteiger partial charge in [-0.15, -0.1) is 0 Å². The Kier molecular flexibility index (Phi) is 4.61. The van der Waals surface area contributed by atoms with Gasteiger partial charge in [-0.2, -0.15) is 0 Å². The molecule has 4 heterocycles. The third-order valence-corrected chi connectivity index (χ3v) is 5.94. The van der Waals surface area contributed by atoms with Crippen LogP contribution in [0, 0.1) is 17.5 Å². The average molecular weight is 474 g/mol. The zero-order chi connectivity index (χ0) is 23.7. The molecule has 0 unspecified atom stereocenters. The number of hydrogen-bond donors (Lipinski definition) is 2. The molecule has 1 aliphatic rings. The molecule has 1 aliphatic heterocycles. The molecule has 11 heteroatoms. The molecule has 0 atom stereocenters. The van der Waals surface area contributed by atoms with E-state index in [1.54, 1.807) is 26.0 Å². The number of carbonyl (C=O) groups excluding carboxylic acids is 1. The Morgan fingerprint density at radius 3 is 2.55 bits per heavy atom. The highest BCUT2D eigenvalue weighted by Gasteiger charge is 2.42. The fourth-order valence-electron chi connectivity index (χ4n) is 3.94. The molecule has 0 radical (unpaired) electrons. The number of pyridine rings is 1. The van der Waals surface area contributed by atoms with Gasteiger partial charge in [-0.3, -0.25) is 9.59 Å². The zero-order valence-electron chi connectivity index (χ0n) is 17.3. The summed E-state index contributed by atoms with van der Waals surface area (Å²) in [5.74, 6) is -3.50. The predicted molar refractivity (Wildman–Crippen MR) is 115 cm³/mol. The minimum atomic E-state index is -1.32. The molecule has 0 spiro atoms. The van der Waals surface area contributed by atoms with Crippen molar-refractivity contribution in [2.75, 3.05) is 5.32 Å². The molecule has 0 saturated heterocycles. The van der Waals surface area contributed by atoms with Gasteiger partial charge in [0.1, 0.15) is 23.2 Å². The van der Waals surface area contributed by atoms with Gasteiger partial charge in [0.2, 0.25) is 5.91 Å². The monoisotopic (exact) mass is 473 g/mol. The smallest absolute Gasteiger partial charge is 0.257 e. The van der Waals surface area contributed by atoms with Crippen molar-refractivity contribution in [1.82, 2.24) is 19.4 Å². The van der Waals surface area contributed by atoms with Crippen LogP contribution < -0.4 is 10.9 Å². The van der Waals surface area contributed by atoms with Crippen LogP contribution in [0.3, 0.4) is 0 Å². The van der Waals surface area contributed by atoms with Crippen LogP contribution in [0.25, 0.3) is 17.0 Å². The minimum absolute atomic E-state index is 0.0445. The van der Waals surface area contributed by atoms with Crippen LogP contribution in [0.4, 0.5) is 19.0 Å². The van der Waals surface area contributed by atoms with Crippen molar-refractivity contribution >= 4 is 28.8 Å². The summed E-state index contributed by atoms with van der Waals surface area (Å²) in [5, 5.41) is 2.91. The van der Waals surface area contributed by atoms with E-state index in [9.17, 15) is 22.8 Å². The van der Waals surface area contributed by atoms with Crippen LogP contribution in [-0.4, -0.2) is 25.3 Å². The van der Waals surface area contributed by atoms with Crippen LogP contribution in [-0.2, 0) is 16.6 Å². The summed E-state index contributed by atoms with van der Waals surface area (Å²) >= 11 is 6.11. The van der Waals surface area contributed by atoms with Crippen molar-refractivity contribution < 1.29 is 18.0 Å². The average Bonchev–Trinajstić information content (AvgIpc) is 3.22. The van der Waals surface area contributed by atoms with Gasteiger partial charge in [-0.05, 0) is 38.1 Å². The van der Waals surface area contributed by atoms with Crippen molar-refractivity contribution in [3.05, 3.63) is 80.2 Å². The summed E-state index contributed by atoms with van der Waals surface area (Å²) in [4.78, 5) is 36.5. The summed E-state index contributed by atoms with van der Waals surface area (Å²) in [6.07, 6.45) is 1.09. The molecule has 33 heavy (non-hydrogen) atoms. The molecule has 3 aromatic heterocycles. The number of H-pyrrole nitrogens is 1. The second-order valence-corrected chi connectivity index (χ2v) is 8.63. The maximum atomic E-state index is 14.3. The quantitative estimate of drug-likeness (QED) is 0.440. The lowest BCUT2D eigenvalue weighted by molar-refractivity contribution is -0.119. The van der Waals surface area contributed by atoms with Gasteiger partial charge in [0.15, 0.2) is 17.5 Å². The van der Waals surface area contributed by atoms with Crippen molar-refractivity contribution in [1.29, 1.82) is 0 Å². The van der Waals surface area contributed by atoms with E-state index < -0.39 is 40.4 Å². The lowest BCUT2D eigenvalue weighted by Crippen LogP contribution is -2.31. The van der Waals surface area contributed by atoms with Crippen molar-refractivity contribution in [2.45, 2.75) is 25.7 Å². The predicted octanol–water partition coefficient (Wildman–Crippen LogP) is 3.98. The van der Waals surface area contributed by atoms with Crippen molar-refractivity contribution in [2.24, 2.45) is 0 Å². The Morgan fingerprint density at radius 2 is 1.79 bits per heavy atom. The number of nitrogens with one attached hydrogen (secondary N) is 2. The molecule has 4 aromatic rings. The van der Waals surface area contributed by atoms with E-state index in [0.29, 0.717) is 16.6 Å². The fraction of sp³-hybridized carbons (Fsp3) is 0.182. The molecule has 0 fully saturated rings. The van der Waals surface area contributed by atoms with Gasteiger partial charge in [-0.25, -0.2) is 23.1 Å². The molecule has 0 saturated carbocycles. The van der Waals surface area contributed by atoms with Gasteiger partial charge in [0.25, 0.3) is 5.56 Å². The third-order valence-electron chi connectivity index (χ3n) is 5.72. The van der Waals surface area contributed by atoms with E-state index in [2.05, 4.69) is 20.3 Å². The summed E-state index contributed by atoms with van der Waals surface area (Å²) in [6.45, 7) is 3.22. The highest BCUT2D eigenvalue weighted by Crippen LogP contribution is 2.35. The maximum absolute atomic E-state index is 14.3. The Bertz CT molecular complexity index is 1540. The Hall–Kier alpha value is -3.66. The first kappa shape index (κ1) is 21.2. The van der Waals surface area contributed by atoms with Crippen LogP contribution >= 0.6 is 11.6 Å². The lowest BCUT2D eigenvalue weighted by atomic mass is 9.88. The summed E-state index contributed by atoms with van der Waals surface area (Å²) in [5.41, 5.74) is -1.26. The molecule has 0 bridgehead atoms. The fourth-order valence-corrected chi connectivity index (χ4v) is 4.10. The number of halogens is 4. The van der Waals surface area contributed by atoms with E-state index in [0.717, 1.165) is 6.07 Å². The number of aromatic nitrogens is 4. The molecule has 7 nitrogen and oxygen atoms in total.